The average molecular weight is 185 g/mol. The lowest BCUT2D eigenvalue weighted by Crippen LogP contribution is -2.26. The number of aryl methyl sites for hydroxylation is 1. The van der Waals surface area contributed by atoms with Crippen molar-refractivity contribution in [3.8, 4) is 0 Å². The molecule has 0 aromatic carbocycles. The second-order valence-electron chi connectivity index (χ2n) is 3.16. The molecule has 1 rings (SSSR count). The van der Waals surface area contributed by atoms with Crippen molar-refractivity contribution in [2.75, 3.05) is 20.6 Å². The first-order chi connectivity index (χ1) is 5.59. The summed E-state index contributed by atoms with van der Waals surface area (Å²) < 4.78 is 0. The number of thiazole rings is 1. The van der Waals surface area contributed by atoms with Crippen LogP contribution in [0.2, 0.25) is 0 Å². The van der Waals surface area contributed by atoms with Crippen LogP contribution in [-0.2, 0) is 0 Å². The van der Waals surface area contributed by atoms with Gasteiger partial charge in [0, 0.05) is 11.9 Å². The van der Waals surface area contributed by atoms with Crippen LogP contribution in [0.3, 0.4) is 0 Å². The topological polar surface area (TPSA) is 42.1 Å². The van der Waals surface area contributed by atoms with Crippen molar-refractivity contribution in [2.24, 2.45) is 5.73 Å². The molecular weight excluding hydrogens is 170 g/mol. The summed E-state index contributed by atoms with van der Waals surface area (Å²) in [4.78, 5) is 6.40. The van der Waals surface area contributed by atoms with Gasteiger partial charge in [0.25, 0.3) is 0 Å². The molecule has 0 radical (unpaired) electrons. The Morgan fingerprint density at radius 3 is 2.75 bits per heavy atom. The number of hydrogen-bond acceptors (Lipinski definition) is 4. The molecule has 1 unspecified atom stereocenters. The first-order valence-electron chi connectivity index (χ1n) is 3.92. The van der Waals surface area contributed by atoms with Crippen molar-refractivity contribution in [3.63, 3.8) is 0 Å². The van der Waals surface area contributed by atoms with E-state index in [0.717, 1.165) is 17.2 Å². The van der Waals surface area contributed by atoms with Crippen LogP contribution in [0.25, 0.3) is 0 Å². The number of hydrogen-bond donors (Lipinski definition) is 1. The van der Waals surface area contributed by atoms with Crippen molar-refractivity contribution >= 4 is 11.3 Å². The second kappa shape index (κ2) is 3.98. The van der Waals surface area contributed by atoms with Crippen LogP contribution < -0.4 is 5.73 Å². The van der Waals surface area contributed by atoms with Gasteiger partial charge in [-0.25, -0.2) is 4.98 Å². The highest BCUT2D eigenvalue weighted by Gasteiger charge is 2.09. The molecular formula is C8H15N3S. The Morgan fingerprint density at radius 1 is 1.67 bits per heavy atom. The van der Waals surface area contributed by atoms with E-state index in [1.165, 1.54) is 0 Å². The molecule has 1 heterocycles. The number of aromatic nitrogens is 1. The number of nitrogens with two attached hydrogens (primary N) is 1. The Bertz CT molecular complexity index is 244. The molecule has 1 atom stereocenters. The molecule has 0 amide bonds. The van der Waals surface area contributed by atoms with E-state index in [1.807, 2.05) is 26.4 Å². The second-order valence-corrected chi connectivity index (χ2v) is 4.22. The predicted molar refractivity (Wildman–Crippen MR) is 52.3 cm³/mol. The van der Waals surface area contributed by atoms with Crippen LogP contribution in [0.1, 0.15) is 16.7 Å². The lowest BCUT2D eigenvalue weighted by Gasteiger charge is -2.14. The van der Waals surface area contributed by atoms with Crippen LogP contribution in [-0.4, -0.2) is 30.5 Å². The van der Waals surface area contributed by atoms with Crippen LogP contribution in [0.15, 0.2) is 5.38 Å². The molecule has 0 saturated heterocycles. The summed E-state index contributed by atoms with van der Waals surface area (Å²) in [7, 11) is 4.03. The van der Waals surface area contributed by atoms with Gasteiger partial charge in [0.1, 0.15) is 0 Å². The Hall–Kier alpha value is -0.450. The van der Waals surface area contributed by atoms with Gasteiger partial charge >= 0.3 is 0 Å². The van der Waals surface area contributed by atoms with Gasteiger partial charge < -0.3 is 10.6 Å². The zero-order valence-corrected chi connectivity index (χ0v) is 8.56. The number of likely N-dealkylation sites (N-methyl/N-ethyl adjacent to an activating group) is 1. The summed E-state index contributed by atoms with van der Waals surface area (Å²) >= 11 is 1.65. The highest BCUT2D eigenvalue weighted by molar-refractivity contribution is 7.09. The monoisotopic (exact) mass is 185 g/mol. The lowest BCUT2D eigenvalue weighted by atomic mass is 10.2. The first-order valence-corrected chi connectivity index (χ1v) is 4.80. The molecule has 0 bridgehead atoms. The van der Waals surface area contributed by atoms with Gasteiger partial charge in [-0.1, -0.05) is 0 Å². The van der Waals surface area contributed by atoms with Crippen LogP contribution in [0, 0.1) is 6.92 Å². The maximum absolute atomic E-state index is 5.91. The van der Waals surface area contributed by atoms with Gasteiger partial charge in [-0.3, -0.25) is 0 Å². The normalized spacial score (nSPS) is 13.8. The van der Waals surface area contributed by atoms with Crippen molar-refractivity contribution in [1.29, 1.82) is 0 Å². The largest absolute Gasteiger partial charge is 0.322 e. The summed E-state index contributed by atoms with van der Waals surface area (Å²) in [5, 5.41) is 3.11. The molecule has 4 heteroatoms. The minimum atomic E-state index is 0.0462. The number of rotatable bonds is 3. The van der Waals surface area contributed by atoms with E-state index >= 15 is 0 Å². The zero-order valence-electron chi connectivity index (χ0n) is 7.74. The van der Waals surface area contributed by atoms with Crippen LogP contribution >= 0.6 is 11.3 Å². The van der Waals surface area contributed by atoms with Gasteiger partial charge in [0.05, 0.1) is 16.7 Å². The zero-order chi connectivity index (χ0) is 9.14. The predicted octanol–water partition coefficient (Wildman–Crippen LogP) is 1.01. The molecule has 0 aliphatic rings. The maximum atomic E-state index is 5.91. The molecule has 0 aliphatic carbocycles. The van der Waals surface area contributed by atoms with Crippen LogP contribution in [0.4, 0.5) is 0 Å². The van der Waals surface area contributed by atoms with Crippen molar-refractivity contribution in [2.45, 2.75) is 13.0 Å². The molecule has 2 N–H and O–H groups in total. The number of nitrogens with zero attached hydrogens (tertiary/aromatic N) is 2. The molecule has 0 aliphatic heterocycles. The first kappa shape index (κ1) is 9.64. The van der Waals surface area contributed by atoms with Gasteiger partial charge in [0.15, 0.2) is 0 Å². The standard InChI is InChI=1S/C8H15N3S/c1-6-10-8(5-12-6)7(9)4-11(2)3/h5,7H,4,9H2,1-3H3. The van der Waals surface area contributed by atoms with E-state index in [1.54, 1.807) is 11.3 Å². The van der Waals surface area contributed by atoms with Gasteiger partial charge in [0.2, 0.25) is 0 Å². The Balaban J connectivity index is 2.58. The molecule has 12 heavy (non-hydrogen) atoms. The van der Waals surface area contributed by atoms with E-state index < -0.39 is 0 Å². The highest BCUT2D eigenvalue weighted by atomic mass is 32.1. The van der Waals surface area contributed by atoms with Gasteiger partial charge in [-0.05, 0) is 21.0 Å². The molecule has 0 saturated carbocycles. The Labute approximate surface area is 77.2 Å². The minimum absolute atomic E-state index is 0.0462. The summed E-state index contributed by atoms with van der Waals surface area (Å²) in [6.07, 6.45) is 0. The quantitative estimate of drug-likeness (QED) is 0.764. The third-order valence-electron chi connectivity index (χ3n) is 1.58. The fourth-order valence-corrected chi connectivity index (χ4v) is 1.71. The molecule has 3 nitrogen and oxygen atoms in total. The van der Waals surface area contributed by atoms with Crippen molar-refractivity contribution in [1.82, 2.24) is 9.88 Å². The SMILES string of the molecule is Cc1nc(C(N)CN(C)C)cs1. The van der Waals surface area contributed by atoms with Gasteiger partial charge in [-0.15, -0.1) is 11.3 Å². The summed E-state index contributed by atoms with van der Waals surface area (Å²) in [5.74, 6) is 0. The molecule has 1 aromatic rings. The smallest absolute Gasteiger partial charge is 0.0898 e. The van der Waals surface area contributed by atoms with E-state index in [4.69, 9.17) is 5.73 Å². The highest BCUT2D eigenvalue weighted by Crippen LogP contribution is 2.14. The third kappa shape index (κ3) is 2.55. The summed E-state index contributed by atoms with van der Waals surface area (Å²) in [5.41, 5.74) is 6.92. The molecule has 1 aromatic heterocycles. The molecule has 0 fully saturated rings. The van der Waals surface area contributed by atoms with E-state index in [-0.39, 0.29) is 6.04 Å². The molecule has 0 spiro atoms. The van der Waals surface area contributed by atoms with Crippen molar-refractivity contribution in [3.05, 3.63) is 16.1 Å². The minimum Gasteiger partial charge on any atom is -0.322 e. The molecule has 68 valence electrons. The van der Waals surface area contributed by atoms with E-state index in [9.17, 15) is 0 Å². The average Bonchev–Trinajstić information content (AvgIpc) is 2.34. The third-order valence-corrected chi connectivity index (χ3v) is 2.37. The fourth-order valence-electron chi connectivity index (χ4n) is 1.04. The maximum Gasteiger partial charge on any atom is 0.0898 e. The fraction of sp³-hybridized carbons (Fsp3) is 0.625. The van der Waals surface area contributed by atoms with Crippen LogP contribution in [0.5, 0.6) is 0 Å². The summed E-state index contributed by atoms with van der Waals surface area (Å²) in [6, 6.07) is 0.0462. The Morgan fingerprint density at radius 2 is 2.33 bits per heavy atom. The Kier molecular flexibility index (Phi) is 3.20. The lowest BCUT2D eigenvalue weighted by molar-refractivity contribution is 0.374. The van der Waals surface area contributed by atoms with E-state index in [0.29, 0.717) is 0 Å². The van der Waals surface area contributed by atoms with Gasteiger partial charge in [-0.2, -0.15) is 0 Å². The summed E-state index contributed by atoms with van der Waals surface area (Å²) in [6.45, 7) is 2.85. The van der Waals surface area contributed by atoms with Crippen molar-refractivity contribution < 1.29 is 0 Å². The van der Waals surface area contributed by atoms with E-state index in [2.05, 4.69) is 9.88 Å².